The monoisotopic (exact) mass is 177 g/mol. The van der Waals surface area contributed by atoms with E-state index in [0.717, 1.165) is 12.1 Å². The molecule has 0 spiro atoms. The molecule has 70 valence electrons. The molecule has 0 saturated carbocycles. The van der Waals surface area contributed by atoms with Gasteiger partial charge in [-0.05, 0) is 25.5 Å². The lowest BCUT2D eigenvalue weighted by Gasteiger charge is -2.06. The van der Waals surface area contributed by atoms with Crippen LogP contribution >= 0.6 is 0 Å². The molecule has 1 heterocycles. The maximum Gasteiger partial charge on any atom is 0.183 e. The summed E-state index contributed by atoms with van der Waals surface area (Å²) in [6.45, 7) is 5.85. The second-order valence-corrected chi connectivity index (χ2v) is 3.34. The summed E-state index contributed by atoms with van der Waals surface area (Å²) in [6, 6.07) is 5.55. The Morgan fingerprint density at radius 2 is 2.23 bits per heavy atom. The molecule has 1 unspecified atom stereocenters. The van der Waals surface area contributed by atoms with E-state index in [4.69, 9.17) is 0 Å². The third-order valence-electron chi connectivity index (χ3n) is 2.20. The second kappa shape index (κ2) is 4.17. The summed E-state index contributed by atoms with van der Waals surface area (Å²) < 4.78 is 0. The van der Waals surface area contributed by atoms with Gasteiger partial charge in [-0.3, -0.25) is 9.78 Å². The molecular formula is C11H15NO. The quantitative estimate of drug-likeness (QED) is 0.664. The molecule has 0 bridgehead atoms. The Kier molecular flexibility index (Phi) is 3.18. The first-order chi connectivity index (χ1) is 6.15. The van der Waals surface area contributed by atoms with Gasteiger partial charge in [0.25, 0.3) is 0 Å². The zero-order valence-corrected chi connectivity index (χ0v) is 8.37. The molecule has 1 aromatic heterocycles. The molecule has 0 amide bonds. The molecule has 0 saturated heterocycles. The molecule has 1 aromatic rings. The third-order valence-corrected chi connectivity index (χ3v) is 2.20. The fraction of sp³-hybridized carbons (Fsp3) is 0.455. The standard InChI is InChI=1S/C11H15NO/c1-4-8(2)11(13)10-7-5-6-9(3)12-10/h5-8H,4H2,1-3H3. The molecular weight excluding hydrogens is 162 g/mol. The summed E-state index contributed by atoms with van der Waals surface area (Å²) in [5, 5.41) is 0. The smallest absolute Gasteiger partial charge is 0.183 e. The average Bonchev–Trinajstić information content (AvgIpc) is 2.15. The van der Waals surface area contributed by atoms with Crippen LogP contribution in [0.2, 0.25) is 0 Å². The van der Waals surface area contributed by atoms with Gasteiger partial charge in [0.2, 0.25) is 0 Å². The van der Waals surface area contributed by atoms with Crippen molar-refractivity contribution in [2.24, 2.45) is 5.92 Å². The molecule has 0 aliphatic heterocycles. The number of hydrogen-bond acceptors (Lipinski definition) is 2. The van der Waals surface area contributed by atoms with Crippen molar-refractivity contribution in [3.63, 3.8) is 0 Å². The van der Waals surface area contributed by atoms with E-state index in [1.165, 1.54) is 0 Å². The van der Waals surface area contributed by atoms with Crippen molar-refractivity contribution in [2.45, 2.75) is 27.2 Å². The number of carbonyl (C=O) groups excluding carboxylic acids is 1. The summed E-state index contributed by atoms with van der Waals surface area (Å²) in [6.07, 6.45) is 0.869. The van der Waals surface area contributed by atoms with Crippen LogP contribution < -0.4 is 0 Å². The van der Waals surface area contributed by atoms with Crippen LogP contribution in [-0.4, -0.2) is 10.8 Å². The number of pyridine rings is 1. The van der Waals surface area contributed by atoms with Crippen LogP contribution in [0.5, 0.6) is 0 Å². The minimum Gasteiger partial charge on any atom is -0.292 e. The molecule has 0 N–H and O–H groups in total. The Hall–Kier alpha value is -1.18. The van der Waals surface area contributed by atoms with Crippen LogP contribution in [0.15, 0.2) is 18.2 Å². The maximum atomic E-state index is 11.7. The highest BCUT2D eigenvalue weighted by Gasteiger charge is 2.13. The van der Waals surface area contributed by atoms with Gasteiger partial charge in [-0.2, -0.15) is 0 Å². The van der Waals surface area contributed by atoms with E-state index >= 15 is 0 Å². The Labute approximate surface area is 79.0 Å². The zero-order valence-electron chi connectivity index (χ0n) is 8.37. The fourth-order valence-corrected chi connectivity index (χ4v) is 1.12. The van der Waals surface area contributed by atoms with Crippen molar-refractivity contribution in [3.05, 3.63) is 29.6 Å². The highest BCUT2D eigenvalue weighted by molar-refractivity contribution is 5.95. The van der Waals surface area contributed by atoms with E-state index in [9.17, 15) is 4.79 Å². The Balaban J connectivity index is 2.89. The number of nitrogens with zero attached hydrogens (tertiary/aromatic N) is 1. The predicted octanol–water partition coefficient (Wildman–Crippen LogP) is 2.62. The van der Waals surface area contributed by atoms with Crippen molar-refractivity contribution in [1.29, 1.82) is 0 Å². The fourth-order valence-electron chi connectivity index (χ4n) is 1.12. The van der Waals surface area contributed by atoms with Crippen molar-refractivity contribution >= 4 is 5.78 Å². The van der Waals surface area contributed by atoms with Gasteiger partial charge in [0.05, 0.1) is 0 Å². The van der Waals surface area contributed by atoms with Gasteiger partial charge in [-0.25, -0.2) is 0 Å². The molecule has 1 atom stereocenters. The van der Waals surface area contributed by atoms with Crippen molar-refractivity contribution in [2.75, 3.05) is 0 Å². The van der Waals surface area contributed by atoms with Crippen LogP contribution in [0.25, 0.3) is 0 Å². The molecule has 0 radical (unpaired) electrons. The van der Waals surface area contributed by atoms with E-state index in [0.29, 0.717) is 5.69 Å². The Morgan fingerprint density at radius 3 is 2.77 bits per heavy atom. The number of hydrogen-bond donors (Lipinski definition) is 0. The number of ketones is 1. The van der Waals surface area contributed by atoms with E-state index in [2.05, 4.69) is 4.98 Å². The molecule has 0 aliphatic rings. The summed E-state index contributed by atoms with van der Waals surface area (Å²) in [5.41, 5.74) is 1.49. The lowest BCUT2D eigenvalue weighted by molar-refractivity contribution is 0.0922. The number of aryl methyl sites for hydroxylation is 1. The largest absolute Gasteiger partial charge is 0.292 e. The lowest BCUT2D eigenvalue weighted by atomic mass is 10.0. The number of rotatable bonds is 3. The van der Waals surface area contributed by atoms with Crippen LogP contribution in [0.1, 0.15) is 36.5 Å². The van der Waals surface area contributed by atoms with Gasteiger partial charge >= 0.3 is 0 Å². The normalized spacial score (nSPS) is 12.5. The highest BCUT2D eigenvalue weighted by Crippen LogP contribution is 2.09. The lowest BCUT2D eigenvalue weighted by Crippen LogP contribution is -2.12. The van der Waals surface area contributed by atoms with Gasteiger partial charge in [0.15, 0.2) is 5.78 Å². The molecule has 2 nitrogen and oxygen atoms in total. The van der Waals surface area contributed by atoms with Gasteiger partial charge in [0.1, 0.15) is 5.69 Å². The molecule has 0 fully saturated rings. The van der Waals surface area contributed by atoms with Gasteiger partial charge in [-0.1, -0.05) is 19.9 Å². The minimum absolute atomic E-state index is 0.0781. The first-order valence-corrected chi connectivity index (χ1v) is 4.63. The molecule has 0 aromatic carbocycles. The second-order valence-electron chi connectivity index (χ2n) is 3.34. The van der Waals surface area contributed by atoms with Crippen LogP contribution in [-0.2, 0) is 0 Å². The van der Waals surface area contributed by atoms with Crippen LogP contribution in [0.3, 0.4) is 0 Å². The molecule has 13 heavy (non-hydrogen) atoms. The van der Waals surface area contributed by atoms with Gasteiger partial charge in [-0.15, -0.1) is 0 Å². The average molecular weight is 177 g/mol. The summed E-state index contributed by atoms with van der Waals surface area (Å²) >= 11 is 0. The van der Waals surface area contributed by atoms with Crippen molar-refractivity contribution < 1.29 is 4.79 Å². The van der Waals surface area contributed by atoms with Crippen LogP contribution in [0.4, 0.5) is 0 Å². The zero-order chi connectivity index (χ0) is 9.84. The van der Waals surface area contributed by atoms with Crippen molar-refractivity contribution in [3.8, 4) is 0 Å². The van der Waals surface area contributed by atoms with Crippen molar-refractivity contribution in [1.82, 2.24) is 4.98 Å². The van der Waals surface area contributed by atoms with E-state index in [1.807, 2.05) is 32.9 Å². The topological polar surface area (TPSA) is 30.0 Å². The summed E-state index contributed by atoms with van der Waals surface area (Å²) in [5.74, 6) is 0.223. The first kappa shape index (κ1) is 9.90. The number of Topliss-reactive ketones (excluding diaryl/α,β-unsaturated/α-hetero) is 1. The summed E-state index contributed by atoms with van der Waals surface area (Å²) in [7, 11) is 0. The molecule has 2 heteroatoms. The molecule has 1 rings (SSSR count). The van der Waals surface area contributed by atoms with E-state index < -0.39 is 0 Å². The van der Waals surface area contributed by atoms with Gasteiger partial charge < -0.3 is 0 Å². The third kappa shape index (κ3) is 2.38. The van der Waals surface area contributed by atoms with Crippen LogP contribution in [0, 0.1) is 12.8 Å². The summed E-state index contributed by atoms with van der Waals surface area (Å²) in [4.78, 5) is 15.9. The maximum absolute atomic E-state index is 11.7. The Morgan fingerprint density at radius 1 is 1.54 bits per heavy atom. The highest BCUT2D eigenvalue weighted by atomic mass is 16.1. The Bertz CT molecular complexity index is 307. The first-order valence-electron chi connectivity index (χ1n) is 4.63. The van der Waals surface area contributed by atoms with Gasteiger partial charge in [0, 0.05) is 11.6 Å². The minimum atomic E-state index is 0.0781. The predicted molar refractivity (Wildman–Crippen MR) is 52.8 cm³/mol. The SMILES string of the molecule is CCC(C)C(=O)c1cccc(C)n1. The number of carbonyl (C=O) groups is 1. The number of aromatic nitrogens is 1. The van der Waals surface area contributed by atoms with E-state index in [1.54, 1.807) is 6.07 Å². The van der Waals surface area contributed by atoms with E-state index in [-0.39, 0.29) is 11.7 Å². The molecule has 0 aliphatic carbocycles.